The molecule has 5 aliphatic rings. The van der Waals surface area contributed by atoms with Crippen LogP contribution in [0.2, 0.25) is 0 Å². The second kappa shape index (κ2) is 31.5. The largest absolute Gasteiger partial charge is 0.497 e. The van der Waals surface area contributed by atoms with Gasteiger partial charge in [-0.05, 0) is 91.8 Å². The lowest BCUT2D eigenvalue weighted by Gasteiger charge is -2.37. The van der Waals surface area contributed by atoms with Gasteiger partial charge in [-0.3, -0.25) is 13.7 Å². The number of methoxy groups -OCH3 is 2. The number of aliphatic hydroxyl groups excluding tert-OH is 3. The number of terminal acetylenes is 3. The Kier molecular flexibility index (Phi) is 21.9. The predicted octanol–water partition coefficient (Wildman–Crippen LogP) is 10.6. The molecule has 8 N–H and O–H groups in total. The number of nitrogens with zero attached hydrogens (tertiary/aromatic N) is 12. The highest BCUT2D eigenvalue weighted by Crippen LogP contribution is 2.59. The Labute approximate surface area is 688 Å². The molecule has 0 aliphatic carbocycles. The topological polar surface area (TPSA) is 345 Å². The zero-order valence-electron chi connectivity index (χ0n) is 64.6. The fraction of sp³-hybridized carbons (Fsp3) is 0.337. The zero-order chi connectivity index (χ0) is 82.6. The molecular formula is C86H84Cl3N15O13. The third-order valence-electron chi connectivity index (χ3n) is 22.3. The highest BCUT2D eigenvalue weighted by molar-refractivity contribution is 6.19. The minimum absolute atomic E-state index is 0.0828. The number of halogens is 3. The van der Waals surface area contributed by atoms with Gasteiger partial charge < -0.3 is 79.4 Å². The number of alkyl halides is 3. The summed E-state index contributed by atoms with van der Waals surface area (Å²) in [6.07, 6.45) is 21.0. The Balaban J connectivity index is 0.000000146. The molecule has 28 nitrogen and oxygen atoms in total. The van der Waals surface area contributed by atoms with Crippen LogP contribution in [0.15, 0.2) is 208 Å². The van der Waals surface area contributed by atoms with Crippen LogP contribution < -0.4 is 25.8 Å². The van der Waals surface area contributed by atoms with Gasteiger partial charge in [0.2, 0.25) is 11.2 Å². The monoisotopic (exact) mass is 1640 g/mol. The van der Waals surface area contributed by atoms with Crippen LogP contribution in [-0.4, -0.2) is 188 Å². The van der Waals surface area contributed by atoms with Gasteiger partial charge in [-0.25, -0.2) is 44.9 Å². The van der Waals surface area contributed by atoms with E-state index in [1.165, 1.54) is 29.9 Å². The first kappa shape index (κ1) is 81.2. The summed E-state index contributed by atoms with van der Waals surface area (Å²) in [5.74, 6) is 8.21. The minimum Gasteiger partial charge on any atom is -0.497 e. The smallest absolute Gasteiger partial charge is 0.205 e. The van der Waals surface area contributed by atoms with Crippen LogP contribution in [0.1, 0.15) is 93.1 Å². The van der Waals surface area contributed by atoms with Crippen molar-refractivity contribution in [3.63, 3.8) is 0 Å². The summed E-state index contributed by atoms with van der Waals surface area (Å²) in [5, 5.41) is 48.8. The summed E-state index contributed by atoms with van der Waals surface area (Å²) in [5.41, 5.74) is 3.60. The molecule has 0 unspecified atom stereocenters. The van der Waals surface area contributed by atoms with Crippen LogP contribution in [0, 0.1) is 37.0 Å². The van der Waals surface area contributed by atoms with E-state index in [4.69, 9.17) is 122 Å². The van der Waals surface area contributed by atoms with Crippen molar-refractivity contribution >= 4 is 85.7 Å². The van der Waals surface area contributed by atoms with E-state index in [1.807, 2.05) is 135 Å². The Hall–Kier alpha value is -10.9. The first-order chi connectivity index (χ1) is 56.4. The van der Waals surface area contributed by atoms with E-state index >= 15 is 0 Å². The summed E-state index contributed by atoms with van der Waals surface area (Å²) >= 11 is 18.8. The van der Waals surface area contributed by atoms with E-state index < -0.39 is 106 Å². The average Bonchev–Trinajstić information content (AvgIpc) is 1.54. The van der Waals surface area contributed by atoms with Crippen LogP contribution in [0.25, 0.3) is 33.5 Å². The van der Waals surface area contributed by atoms with Gasteiger partial charge >= 0.3 is 0 Å². The molecule has 0 spiro atoms. The Bertz CT molecular complexity index is 5330. The van der Waals surface area contributed by atoms with Gasteiger partial charge in [0, 0.05) is 0 Å². The van der Waals surface area contributed by atoms with Gasteiger partial charge in [-0.1, -0.05) is 170 Å². The predicted molar refractivity (Wildman–Crippen MR) is 437 cm³/mol. The molecule has 11 heterocycles. The van der Waals surface area contributed by atoms with E-state index in [-0.39, 0.29) is 34.6 Å². The SMILES string of the molecule is C#C[C@@]1(O)[C@H](O)[C@](CO)(CCl)O[C@H]1n1cnc2c(N)ncnc21.C#C[C@@]12OC(C)(C)O[C@@H]1[C@](CC)(CCl)O[C@H]2n1cnc2c(NC(c3ccccc3)(c3ccccc3)c3ccc(OC)cc3)ncnc21.C#C[C@@]12OC(C)(C)O[C@@H]1[C@](CO)(CCl)O[C@H]2n1cnc2c(NC(c3ccccc3)(c3ccccc3)c3ccc(OC)cc3)ncnc21. The molecular weight excluding hydrogens is 1560 g/mol. The second-order valence-electron chi connectivity index (χ2n) is 29.8. The van der Waals surface area contributed by atoms with E-state index in [2.05, 4.69) is 114 Å². The first-order valence-corrected chi connectivity index (χ1v) is 38.9. The van der Waals surface area contributed by atoms with Crippen LogP contribution in [-0.2, 0) is 44.2 Å². The molecule has 602 valence electrons. The minimum atomic E-state index is -2.15. The van der Waals surface area contributed by atoms with Gasteiger partial charge in [0.15, 0.2) is 81.3 Å². The number of nitrogen functional groups attached to an aromatic ring is 1. The summed E-state index contributed by atoms with van der Waals surface area (Å²) < 4.78 is 60.2. The Morgan fingerprint density at radius 2 is 0.803 bits per heavy atom. The maximum Gasteiger partial charge on any atom is 0.205 e. The molecule has 5 fully saturated rings. The van der Waals surface area contributed by atoms with Crippen molar-refractivity contribution in [2.24, 2.45) is 0 Å². The number of imidazole rings is 3. The van der Waals surface area contributed by atoms with Crippen molar-refractivity contribution in [2.75, 3.05) is 61.4 Å². The number of ether oxygens (including phenoxy) is 9. The lowest BCUT2D eigenvalue weighted by atomic mass is 9.77. The van der Waals surface area contributed by atoms with Crippen molar-refractivity contribution in [3.05, 3.63) is 241 Å². The molecule has 0 radical (unpaired) electrons. The molecule has 5 aliphatic heterocycles. The highest BCUT2D eigenvalue weighted by Gasteiger charge is 2.74. The van der Waals surface area contributed by atoms with E-state index in [1.54, 1.807) is 45.3 Å². The summed E-state index contributed by atoms with van der Waals surface area (Å²) in [6.45, 7) is 8.15. The van der Waals surface area contributed by atoms with Crippen molar-refractivity contribution in [3.8, 4) is 48.5 Å². The quantitative estimate of drug-likeness (QED) is 0.0200. The van der Waals surface area contributed by atoms with Crippen LogP contribution in [0.5, 0.6) is 11.5 Å². The number of nitrogens with two attached hydrogens (primary N) is 1. The molecule has 6 aromatic carbocycles. The third kappa shape index (κ3) is 13.3. The molecule has 31 heteroatoms. The third-order valence-corrected chi connectivity index (χ3v) is 23.6. The van der Waals surface area contributed by atoms with E-state index in [9.17, 15) is 20.4 Å². The fourth-order valence-corrected chi connectivity index (χ4v) is 17.5. The van der Waals surface area contributed by atoms with E-state index in [0.29, 0.717) is 40.4 Å². The molecule has 12 aromatic rings. The lowest BCUT2D eigenvalue weighted by Crippen LogP contribution is -2.53. The van der Waals surface area contributed by atoms with Crippen molar-refractivity contribution in [2.45, 2.75) is 134 Å². The summed E-state index contributed by atoms with van der Waals surface area (Å²) in [4.78, 5) is 40.3. The molecule has 5 saturated heterocycles. The molecule has 17 rings (SSSR count). The normalized spacial score (nSPS) is 26.7. The summed E-state index contributed by atoms with van der Waals surface area (Å²) in [6, 6.07) is 56.7. The zero-order valence-corrected chi connectivity index (χ0v) is 66.9. The van der Waals surface area contributed by atoms with Gasteiger partial charge in [0.1, 0.15) is 82.2 Å². The number of fused-ring (bicyclic) bond motifs is 5. The fourth-order valence-electron chi connectivity index (χ4n) is 16.5. The Morgan fingerprint density at radius 3 is 1.16 bits per heavy atom. The maximum absolute atomic E-state index is 10.7. The summed E-state index contributed by atoms with van der Waals surface area (Å²) in [7, 11) is 3.30. The first-order valence-electron chi connectivity index (χ1n) is 37.3. The second-order valence-corrected chi connectivity index (χ2v) is 30.6. The lowest BCUT2D eigenvalue weighted by molar-refractivity contribution is -0.229. The number of aliphatic hydroxyl groups is 4. The molecule has 0 amide bonds. The average molecular weight is 1640 g/mol. The molecule has 0 saturated carbocycles. The van der Waals surface area contributed by atoms with Crippen molar-refractivity contribution < 1.29 is 63.1 Å². The van der Waals surface area contributed by atoms with Gasteiger partial charge in [0.25, 0.3) is 0 Å². The van der Waals surface area contributed by atoms with Crippen molar-refractivity contribution in [1.29, 1.82) is 0 Å². The molecule has 12 atom stereocenters. The highest BCUT2D eigenvalue weighted by atomic mass is 35.5. The number of hydrogen-bond donors (Lipinski definition) is 7. The van der Waals surface area contributed by atoms with Crippen LogP contribution in [0.4, 0.5) is 17.5 Å². The molecule has 117 heavy (non-hydrogen) atoms. The van der Waals surface area contributed by atoms with E-state index in [0.717, 1.165) is 44.9 Å². The maximum atomic E-state index is 10.7. The number of anilines is 3. The molecule has 0 bridgehead atoms. The van der Waals surface area contributed by atoms with Crippen LogP contribution >= 0.6 is 34.8 Å². The van der Waals surface area contributed by atoms with Crippen molar-refractivity contribution in [1.82, 2.24) is 58.6 Å². The number of rotatable bonds is 21. The van der Waals surface area contributed by atoms with Crippen LogP contribution in [0.3, 0.4) is 0 Å². The van der Waals surface area contributed by atoms with Gasteiger partial charge in [0.05, 0.1) is 64.1 Å². The Morgan fingerprint density at radius 1 is 0.462 bits per heavy atom. The number of benzene rings is 6. The number of nitrogens with one attached hydrogen (secondary N) is 2. The standard InChI is InChI=1S/C37H36ClN5O4.C36H34ClN5O5.C13H14ClN5O4/c1-6-35(22-38)32-36(7-2,47-34(3,4)45-32)33(46-35)43-24-41-29-30(39-23-40-31(29)43)42-37(25-14-10-8-11-15-25,26-16-12-9-13-17-26)27-18-20-28(44-5)21-19-27;1-5-35-31(45-33(2,3)47-35)34(20-37,21-43)46-32(35)42-23-40-28-29(38-22-39-30(28)42)41-36(24-12-8-6-9-13-24,25-14-10-7-11-15-25)26-16-18-27(44-4)19-17-26;1-2-13(22)10(21)12(3-14,4-20)23-11(13)19-6-18-7-8(15)16-5-17-9(7)19/h2,8-21,23-24,32-33H,6,22H2,1,3-5H3,(H,39,40,42);1,6-19,22-23,31-32,43H,20-21H2,2-4H3,(H,38,39,41);1,5-6,10-11,20-22H,3-4H2,(H2,15,16,17)/t32-,33-,35+,36-;31-,32-,34-,35-;10-,11-,12-,13-/m111/s1. The van der Waals surface area contributed by atoms with Gasteiger partial charge in [-0.15, -0.1) is 54.1 Å². The molecule has 6 aromatic heterocycles. The van der Waals surface area contributed by atoms with Gasteiger partial charge in [-0.2, -0.15) is 0 Å². The number of hydrogen-bond acceptors (Lipinski definition) is 25. The number of aromatic nitrogens is 12.